The van der Waals surface area contributed by atoms with Gasteiger partial charge in [0, 0.05) is 32.1 Å². The Bertz CT molecular complexity index is 613. The van der Waals surface area contributed by atoms with Crippen molar-refractivity contribution < 1.29 is 14.3 Å². The van der Waals surface area contributed by atoms with Crippen LogP contribution in [0.15, 0.2) is 24.3 Å². The number of nitrogens with one attached hydrogen (secondary N) is 2. The molecule has 1 aliphatic carbocycles. The van der Waals surface area contributed by atoms with Gasteiger partial charge in [-0.05, 0) is 43.4 Å². The second kappa shape index (κ2) is 7.76. The molecule has 0 bridgehead atoms. The molecule has 2 unspecified atom stereocenters. The van der Waals surface area contributed by atoms with Crippen molar-refractivity contribution in [2.24, 2.45) is 11.8 Å². The summed E-state index contributed by atoms with van der Waals surface area (Å²) in [5.41, 5.74) is 1.07. The number of hydrogen-bond acceptors (Lipinski definition) is 3. The first-order valence-corrected chi connectivity index (χ1v) is 9.06. The number of nitrogens with zero attached hydrogens (tertiary/aromatic N) is 1. The third-order valence-corrected chi connectivity index (χ3v) is 5.08. The molecule has 2 atom stereocenters. The number of ether oxygens (including phenoxy) is 1. The van der Waals surface area contributed by atoms with E-state index < -0.39 is 0 Å². The predicted molar refractivity (Wildman–Crippen MR) is 95.6 cm³/mol. The molecule has 1 aromatic rings. The lowest BCUT2D eigenvalue weighted by atomic mass is 9.88. The fraction of sp³-hybridized carbons (Fsp3) is 0.579. The standard InChI is InChI=1S/C19H27N3O3/c1-3-20-19(24)22-11-16(14-6-8-15(25-2)9-7-14)17(12-22)18(23)21-10-13-4-5-13/h6-9,13,16-17H,3-5,10-12H2,1-2H3,(H,20,24)(H,21,23). The van der Waals surface area contributed by atoms with Crippen LogP contribution in [0, 0.1) is 11.8 Å². The number of methoxy groups -OCH3 is 1. The largest absolute Gasteiger partial charge is 0.497 e. The minimum Gasteiger partial charge on any atom is -0.497 e. The van der Waals surface area contributed by atoms with Gasteiger partial charge in [-0.15, -0.1) is 0 Å². The van der Waals surface area contributed by atoms with Crippen LogP contribution in [0.3, 0.4) is 0 Å². The molecule has 3 rings (SSSR count). The molecule has 1 saturated heterocycles. The molecule has 2 N–H and O–H groups in total. The van der Waals surface area contributed by atoms with Crippen molar-refractivity contribution in [1.82, 2.24) is 15.5 Å². The highest BCUT2D eigenvalue weighted by atomic mass is 16.5. The first-order chi connectivity index (χ1) is 12.1. The van der Waals surface area contributed by atoms with Crippen LogP contribution in [0.5, 0.6) is 5.75 Å². The van der Waals surface area contributed by atoms with Crippen LogP contribution in [0.4, 0.5) is 4.79 Å². The lowest BCUT2D eigenvalue weighted by Crippen LogP contribution is -2.40. The topological polar surface area (TPSA) is 70.7 Å². The van der Waals surface area contributed by atoms with Gasteiger partial charge in [-0.2, -0.15) is 0 Å². The lowest BCUT2D eigenvalue weighted by molar-refractivity contribution is -0.125. The average molecular weight is 345 g/mol. The summed E-state index contributed by atoms with van der Waals surface area (Å²) in [5.74, 6) is 1.28. The highest BCUT2D eigenvalue weighted by Gasteiger charge is 2.40. The Balaban J connectivity index is 1.74. The van der Waals surface area contributed by atoms with Crippen molar-refractivity contribution in [3.63, 3.8) is 0 Å². The predicted octanol–water partition coefficient (Wildman–Crippen LogP) is 1.97. The first kappa shape index (κ1) is 17.6. The Labute approximate surface area is 148 Å². The zero-order valence-corrected chi connectivity index (χ0v) is 15.0. The Morgan fingerprint density at radius 1 is 1.16 bits per heavy atom. The maximum atomic E-state index is 12.7. The van der Waals surface area contributed by atoms with Gasteiger partial charge in [0.1, 0.15) is 5.75 Å². The third-order valence-electron chi connectivity index (χ3n) is 5.08. The molecule has 1 saturated carbocycles. The summed E-state index contributed by atoms with van der Waals surface area (Å²) in [6.45, 7) is 4.25. The zero-order valence-electron chi connectivity index (χ0n) is 15.0. The van der Waals surface area contributed by atoms with Crippen LogP contribution in [0.25, 0.3) is 0 Å². The Hall–Kier alpha value is -2.24. The Kier molecular flexibility index (Phi) is 5.46. The number of carbonyl (C=O) groups excluding carboxylic acids is 2. The number of urea groups is 1. The zero-order chi connectivity index (χ0) is 17.8. The number of carbonyl (C=O) groups is 2. The average Bonchev–Trinajstić information content (AvgIpc) is 3.35. The fourth-order valence-corrected chi connectivity index (χ4v) is 3.39. The number of benzene rings is 1. The molecule has 3 amide bonds. The maximum Gasteiger partial charge on any atom is 0.317 e. The van der Waals surface area contributed by atoms with Crippen molar-refractivity contribution in [3.05, 3.63) is 29.8 Å². The van der Waals surface area contributed by atoms with E-state index >= 15 is 0 Å². The number of hydrogen-bond donors (Lipinski definition) is 2. The molecule has 0 spiro atoms. The molecule has 0 aromatic heterocycles. The second-order valence-electron chi connectivity index (χ2n) is 6.92. The van der Waals surface area contributed by atoms with Gasteiger partial charge in [0.25, 0.3) is 0 Å². The second-order valence-corrected chi connectivity index (χ2v) is 6.92. The van der Waals surface area contributed by atoms with Gasteiger partial charge in [0.05, 0.1) is 13.0 Å². The van der Waals surface area contributed by atoms with Crippen LogP contribution >= 0.6 is 0 Å². The summed E-state index contributed by atoms with van der Waals surface area (Å²) in [7, 11) is 1.63. The third kappa shape index (κ3) is 4.24. The number of rotatable bonds is 6. The molecule has 136 valence electrons. The minimum atomic E-state index is -0.213. The highest BCUT2D eigenvalue weighted by Crippen LogP contribution is 2.34. The summed E-state index contributed by atoms with van der Waals surface area (Å²) in [5, 5.41) is 5.91. The monoisotopic (exact) mass is 345 g/mol. The molecule has 1 aliphatic heterocycles. The van der Waals surface area contributed by atoms with Crippen LogP contribution in [-0.4, -0.2) is 50.1 Å². The van der Waals surface area contributed by atoms with Crippen molar-refractivity contribution in [1.29, 1.82) is 0 Å². The van der Waals surface area contributed by atoms with E-state index in [2.05, 4.69) is 10.6 Å². The van der Waals surface area contributed by atoms with E-state index in [0.717, 1.165) is 17.9 Å². The van der Waals surface area contributed by atoms with Crippen LogP contribution < -0.4 is 15.4 Å². The van der Waals surface area contributed by atoms with Gasteiger partial charge in [0.2, 0.25) is 5.91 Å². The minimum absolute atomic E-state index is 0.00714. The van der Waals surface area contributed by atoms with Gasteiger partial charge in [-0.3, -0.25) is 4.79 Å². The SMILES string of the molecule is CCNC(=O)N1CC(C(=O)NCC2CC2)C(c2ccc(OC)cc2)C1. The highest BCUT2D eigenvalue weighted by molar-refractivity contribution is 5.83. The molecule has 2 aliphatic rings. The van der Waals surface area contributed by atoms with E-state index in [-0.39, 0.29) is 23.8 Å². The summed E-state index contributed by atoms with van der Waals surface area (Å²) in [6.07, 6.45) is 2.41. The summed E-state index contributed by atoms with van der Waals surface area (Å²) < 4.78 is 5.22. The Morgan fingerprint density at radius 2 is 1.88 bits per heavy atom. The van der Waals surface area contributed by atoms with Crippen molar-refractivity contribution in [2.45, 2.75) is 25.7 Å². The molecule has 25 heavy (non-hydrogen) atoms. The van der Waals surface area contributed by atoms with Gasteiger partial charge in [-0.1, -0.05) is 12.1 Å². The first-order valence-electron chi connectivity index (χ1n) is 9.06. The molecule has 0 radical (unpaired) electrons. The van der Waals surface area contributed by atoms with Crippen molar-refractivity contribution in [3.8, 4) is 5.75 Å². The number of likely N-dealkylation sites (tertiary alicyclic amines) is 1. The maximum absolute atomic E-state index is 12.7. The van der Waals surface area contributed by atoms with E-state index in [9.17, 15) is 9.59 Å². The van der Waals surface area contributed by atoms with E-state index in [1.807, 2.05) is 31.2 Å². The van der Waals surface area contributed by atoms with E-state index in [0.29, 0.717) is 25.6 Å². The van der Waals surface area contributed by atoms with E-state index in [4.69, 9.17) is 4.74 Å². The van der Waals surface area contributed by atoms with Gasteiger partial charge < -0.3 is 20.3 Å². The molecule has 6 nitrogen and oxygen atoms in total. The van der Waals surface area contributed by atoms with Gasteiger partial charge in [-0.25, -0.2) is 4.79 Å². The van der Waals surface area contributed by atoms with Crippen molar-refractivity contribution in [2.75, 3.05) is 33.3 Å². The van der Waals surface area contributed by atoms with Crippen molar-refractivity contribution >= 4 is 11.9 Å². The fourth-order valence-electron chi connectivity index (χ4n) is 3.39. The van der Waals surface area contributed by atoms with Crippen LogP contribution in [0.2, 0.25) is 0 Å². The van der Waals surface area contributed by atoms with Crippen LogP contribution in [0.1, 0.15) is 31.2 Å². The molecular formula is C19H27N3O3. The molecule has 2 fully saturated rings. The van der Waals surface area contributed by atoms with Gasteiger partial charge in [0.15, 0.2) is 0 Å². The lowest BCUT2D eigenvalue weighted by Gasteiger charge is -2.18. The molecule has 6 heteroatoms. The number of amides is 3. The molecular weight excluding hydrogens is 318 g/mol. The van der Waals surface area contributed by atoms with E-state index in [1.54, 1.807) is 12.0 Å². The van der Waals surface area contributed by atoms with E-state index in [1.165, 1.54) is 12.8 Å². The van der Waals surface area contributed by atoms with Crippen LogP contribution in [-0.2, 0) is 4.79 Å². The summed E-state index contributed by atoms with van der Waals surface area (Å²) in [4.78, 5) is 26.7. The molecule has 1 heterocycles. The van der Waals surface area contributed by atoms with Gasteiger partial charge >= 0.3 is 6.03 Å². The normalized spacial score (nSPS) is 22.6. The smallest absolute Gasteiger partial charge is 0.317 e. The summed E-state index contributed by atoms with van der Waals surface area (Å²) >= 11 is 0. The quantitative estimate of drug-likeness (QED) is 0.828. The molecule has 1 aromatic carbocycles. The summed E-state index contributed by atoms with van der Waals surface area (Å²) in [6, 6.07) is 7.70. The Morgan fingerprint density at radius 3 is 2.48 bits per heavy atom.